The Kier molecular flexibility index (Phi) is 4.52. The molecule has 0 aliphatic carbocycles. The van der Waals surface area contributed by atoms with Crippen molar-refractivity contribution < 1.29 is 27.5 Å². The molecule has 130 valence electrons. The van der Waals surface area contributed by atoms with Crippen LogP contribution in [0.1, 0.15) is 34.2 Å². The van der Waals surface area contributed by atoms with Crippen LogP contribution in [0.2, 0.25) is 0 Å². The number of benzene rings is 2. The molecule has 1 heterocycles. The Labute approximate surface area is 154 Å². The minimum atomic E-state index is -4.76. The fourth-order valence-corrected chi connectivity index (χ4v) is 3.31. The van der Waals surface area contributed by atoms with Crippen LogP contribution in [0.5, 0.6) is 5.75 Å². The fourth-order valence-electron chi connectivity index (χ4n) is 2.68. The lowest BCUT2D eigenvalue weighted by Crippen LogP contribution is -2.10. The van der Waals surface area contributed by atoms with E-state index in [4.69, 9.17) is 4.42 Å². The lowest BCUT2D eigenvalue weighted by atomic mass is 9.97. The highest BCUT2D eigenvalue weighted by Crippen LogP contribution is 2.39. The summed E-state index contributed by atoms with van der Waals surface area (Å²) in [6.07, 6.45) is -4.33. The lowest BCUT2D eigenvalue weighted by Gasteiger charge is -2.12. The number of phenols is 1. The van der Waals surface area contributed by atoms with Crippen LogP contribution < -0.4 is 0 Å². The molecule has 3 aromatic rings. The van der Waals surface area contributed by atoms with E-state index in [2.05, 4.69) is 0 Å². The van der Waals surface area contributed by atoms with Gasteiger partial charge in [0.2, 0.25) is 0 Å². The molecule has 0 atom stereocenters. The summed E-state index contributed by atoms with van der Waals surface area (Å²) in [4.78, 5) is 12.9. The Morgan fingerprint density at radius 2 is 1.92 bits per heavy atom. The molecule has 0 spiro atoms. The van der Waals surface area contributed by atoms with Gasteiger partial charge < -0.3 is 9.52 Å². The maximum absolute atomic E-state index is 13.1. The number of fused-ring (bicyclic) bond motifs is 1. The summed E-state index contributed by atoms with van der Waals surface area (Å²) in [5.41, 5.74) is -0.607. The van der Waals surface area contributed by atoms with E-state index in [-0.39, 0.29) is 14.7 Å². The molecule has 0 unspecified atom stereocenters. The van der Waals surface area contributed by atoms with Crippen LogP contribution in [0, 0.1) is 3.57 Å². The first kappa shape index (κ1) is 17.8. The van der Waals surface area contributed by atoms with Crippen molar-refractivity contribution in [3.63, 3.8) is 0 Å². The van der Waals surface area contributed by atoms with Crippen LogP contribution in [-0.4, -0.2) is 10.9 Å². The van der Waals surface area contributed by atoms with Gasteiger partial charge in [-0.1, -0.05) is 25.1 Å². The molecule has 3 rings (SSSR count). The largest absolute Gasteiger partial charge is 0.506 e. The van der Waals surface area contributed by atoms with Crippen molar-refractivity contribution in [1.82, 2.24) is 0 Å². The predicted octanol–water partition coefficient (Wildman–Crippen LogP) is 5.56. The third-order valence-electron chi connectivity index (χ3n) is 3.85. The Morgan fingerprint density at radius 3 is 2.56 bits per heavy atom. The number of hydrogen-bond donors (Lipinski definition) is 1. The average Bonchev–Trinajstić information content (AvgIpc) is 2.94. The van der Waals surface area contributed by atoms with Crippen LogP contribution in [-0.2, 0) is 12.6 Å². The van der Waals surface area contributed by atoms with Crippen molar-refractivity contribution in [3.8, 4) is 5.75 Å². The number of rotatable bonds is 3. The zero-order valence-corrected chi connectivity index (χ0v) is 15.1. The maximum Gasteiger partial charge on any atom is 0.420 e. The monoisotopic (exact) mass is 460 g/mol. The summed E-state index contributed by atoms with van der Waals surface area (Å²) in [7, 11) is 0. The highest BCUT2D eigenvalue weighted by molar-refractivity contribution is 14.1. The van der Waals surface area contributed by atoms with Crippen molar-refractivity contribution >= 4 is 39.3 Å². The van der Waals surface area contributed by atoms with Crippen molar-refractivity contribution in [1.29, 1.82) is 0 Å². The zero-order valence-electron chi connectivity index (χ0n) is 12.9. The molecule has 1 N–H and O–H groups in total. The number of carbonyl (C=O) groups excluding carboxylic acids is 1. The van der Waals surface area contributed by atoms with Gasteiger partial charge in [0, 0.05) is 17.4 Å². The molecule has 1 aromatic heterocycles. The van der Waals surface area contributed by atoms with Gasteiger partial charge in [-0.25, -0.2) is 0 Å². The van der Waals surface area contributed by atoms with E-state index in [9.17, 15) is 23.1 Å². The molecule has 0 aliphatic heterocycles. The minimum Gasteiger partial charge on any atom is -0.506 e. The molecule has 3 nitrogen and oxygen atoms in total. The van der Waals surface area contributed by atoms with Crippen molar-refractivity contribution in [2.24, 2.45) is 0 Å². The minimum absolute atomic E-state index is 0.0402. The molecule has 0 fully saturated rings. The first-order valence-electron chi connectivity index (χ1n) is 7.38. The van der Waals surface area contributed by atoms with E-state index in [0.29, 0.717) is 29.2 Å². The number of halogens is 4. The standard InChI is InChI=1S/C18H12F3IO3/c1-2-13-15(10-5-3-4-6-14(10)25-13)16(23)9-7-11(18(19,20)21)17(24)12(22)8-9/h3-8,24H,2H2,1H3. The van der Waals surface area contributed by atoms with Crippen molar-refractivity contribution in [2.45, 2.75) is 19.5 Å². The molecule has 0 radical (unpaired) electrons. The molecular formula is C18H12F3IO3. The van der Waals surface area contributed by atoms with E-state index >= 15 is 0 Å². The van der Waals surface area contributed by atoms with Crippen LogP contribution in [0.4, 0.5) is 13.2 Å². The third kappa shape index (κ3) is 3.12. The van der Waals surface area contributed by atoms with Crippen LogP contribution in [0.25, 0.3) is 11.0 Å². The molecule has 7 heteroatoms. The van der Waals surface area contributed by atoms with Gasteiger partial charge >= 0.3 is 6.18 Å². The Morgan fingerprint density at radius 1 is 1.24 bits per heavy atom. The van der Waals surface area contributed by atoms with Crippen LogP contribution >= 0.6 is 22.6 Å². The number of phenolic OH excluding ortho intramolecular Hbond substituents is 1. The maximum atomic E-state index is 13.1. The number of aromatic hydroxyl groups is 1. The summed E-state index contributed by atoms with van der Waals surface area (Å²) >= 11 is 1.58. The summed E-state index contributed by atoms with van der Waals surface area (Å²) in [6.45, 7) is 1.80. The molecule has 25 heavy (non-hydrogen) atoms. The summed E-state index contributed by atoms with van der Waals surface area (Å²) in [6, 6.07) is 8.81. The second-order valence-electron chi connectivity index (χ2n) is 5.43. The quantitative estimate of drug-likeness (QED) is 0.412. The third-order valence-corrected chi connectivity index (χ3v) is 4.67. The molecule has 0 bridgehead atoms. The van der Waals surface area contributed by atoms with Crippen molar-refractivity contribution in [2.75, 3.05) is 0 Å². The van der Waals surface area contributed by atoms with E-state index in [1.165, 1.54) is 6.07 Å². The number of furan rings is 1. The second kappa shape index (κ2) is 6.36. The average molecular weight is 460 g/mol. The van der Waals surface area contributed by atoms with Gasteiger partial charge in [0.15, 0.2) is 5.78 Å². The van der Waals surface area contributed by atoms with Gasteiger partial charge in [-0.15, -0.1) is 0 Å². The Bertz CT molecular complexity index is 974. The highest BCUT2D eigenvalue weighted by Gasteiger charge is 2.36. The Hall–Kier alpha value is -2.03. The highest BCUT2D eigenvalue weighted by atomic mass is 127. The molecule has 0 saturated carbocycles. The van der Waals surface area contributed by atoms with E-state index in [1.54, 1.807) is 53.8 Å². The molecule has 0 saturated heterocycles. The van der Waals surface area contributed by atoms with Gasteiger partial charge in [-0.2, -0.15) is 13.2 Å². The number of carbonyl (C=O) groups is 1. The zero-order chi connectivity index (χ0) is 18.4. The van der Waals surface area contributed by atoms with Gasteiger partial charge in [0.1, 0.15) is 17.1 Å². The predicted molar refractivity (Wildman–Crippen MR) is 94.9 cm³/mol. The molecular weight excluding hydrogens is 448 g/mol. The normalized spacial score (nSPS) is 11.9. The van der Waals surface area contributed by atoms with Gasteiger partial charge in [-0.05, 0) is 40.8 Å². The first-order chi connectivity index (χ1) is 11.7. The topological polar surface area (TPSA) is 50.4 Å². The SMILES string of the molecule is CCc1oc2ccccc2c1C(=O)c1cc(I)c(O)c(C(F)(F)F)c1. The molecule has 0 aliphatic rings. The van der Waals surface area contributed by atoms with Crippen molar-refractivity contribution in [3.05, 3.63) is 62.4 Å². The Balaban J connectivity index is 2.22. The van der Waals surface area contributed by atoms with E-state index in [1.807, 2.05) is 0 Å². The molecule has 2 aromatic carbocycles. The van der Waals surface area contributed by atoms with E-state index < -0.39 is 23.3 Å². The number of hydrogen-bond acceptors (Lipinski definition) is 3. The summed E-state index contributed by atoms with van der Waals surface area (Å²) in [5.74, 6) is -1.02. The lowest BCUT2D eigenvalue weighted by molar-refractivity contribution is -0.138. The summed E-state index contributed by atoms with van der Waals surface area (Å²) in [5, 5.41) is 10.2. The van der Waals surface area contributed by atoms with Crippen LogP contribution in [0.15, 0.2) is 40.8 Å². The molecule has 0 amide bonds. The van der Waals surface area contributed by atoms with Gasteiger partial charge in [0.25, 0.3) is 0 Å². The first-order valence-corrected chi connectivity index (χ1v) is 8.46. The summed E-state index contributed by atoms with van der Waals surface area (Å²) < 4.78 is 45.0. The number of alkyl halides is 3. The van der Waals surface area contributed by atoms with E-state index in [0.717, 1.165) is 0 Å². The van der Waals surface area contributed by atoms with Gasteiger partial charge in [-0.3, -0.25) is 4.79 Å². The smallest absolute Gasteiger partial charge is 0.420 e. The second-order valence-corrected chi connectivity index (χ2v) is 6.59. The van der Waals surface area contributed by atoms with Gasteiger partial charge in [0.05, 0.1) is 14.7 Å². The number of ketones is 1. The number of para-hydroxylation sites is 1. The van der Waals surface area contributed by atoms with Crippen LogP contribution in [0.3, 0.4) is 0 Å². The number of aryl methyl sites for hydroxylation is 1. The fraction of sp³-hybridized carbons (Fsp3) is 0.167.